The van der Waals surface area contributed by atoms with E-state index < -0.39 is 0 Å². The van der Waals surface area contributed by atoms with Crippen LogP contribution in [-0.2, 0) is 0 Å². The van der Waals surface area contributed by atoms with Crippen molar-refractivity contribution in [2.45, 2.75) is 67.7 Å². The maximum Gasteiger partial charge on any atom is 0.0255 e. The molecule has 0 aromatic heterocycles. The number of allylic oxidation sites excluding steroid dienone is 1. The lowest BCUT2D eigenvalue weighted by atomic mass is 9.95. The van der Waals surface area contributed by atoms with Crippen LogP contribution in [0.5, 0.6) is 0 Å². The Morgan fingerprint density at radius 1 is 1.12 bits per heavy atom. The highest BCUT2D eigenvalue weighted by atomic mass is 14.7. The van der Waals surface area contributed by atoms with E-state index in [1.54, 1.807) is 0 Å². The fourth-order valence-electron chi connectivity index (χ4n) is 1.38. The standard InChI is InChI=1S/C13H25N.C2H6/c1-6-14-10-13(5)12(4)9-7-8-11(2)3;1-2/h6,10-12H,7-9H2,1-5H3;1-2H3/b13-10-,14-6?;. The molecule has 1 heteroatoms. The lowest BCUT2D eigenvalue weighted by Crippen LogP contribution is -1.97. The number of hydrogen-bond acceptors (Lipinski definition) is 1. The van der Waals surface area contributed by atoms with Gasteiger partial charge in [-0.1, -0.05) is 53.0 Å². The molecule has 0 bridgehead atoms. The minimum absolute atomic E-state index is 0.678. The molecule has 0 aliphatic rings. The van der Waals surface area contributed by atoms with Crippen molar-refractivity contribution in [3.05, 3.63) is 11.8 Å². The summed E-state index contributed by atoms with van der Waals surface area (Å²) in [6.07, 6.45) is 7.79. The van der Waals surface area contributed by atoms with E-state index in [0.717, 1.165) is 5.92 Å². The summed E-state index contributed by atoms with van der Waals surface area (Å²) in [7, 11) is 0. The van der Waals surface area contributed by atoms with Crippen molar-refractivity contribution in [2.24, 2.45) is 16.8 Å². The fraction of sp³-hybridized carbons (Fsp3) is 0.800. The molecule has 0 fully saturated rings. The molecule has 0 radical (unpaired) electrons. The molecule has 0 amide bonds. The van der Waals surface area contributed by atoms with Gasteiger partial charge in [0.05, 0.1) is 0 Å². The van der Waals surface area contributed by atoms with Crippen LogP contribution in [0.1, 0.15) is 67.7 Å². The van der Waals surface area contributed by atoms with Crippen LogP contribution in [0.25, 0.3) is 0 Å². The van der Waals surface area contributed by atoms with Crippen molar-refractivity contribution >= 4 is 6.21 Å². The molecular formula is C15H31N. The first-order valence-electron chi connectivity index (χ1n) is 6.72. The Bertz CT molecular complexity index is 190. The van der Waals surface area contributed by atoms with Gasteiger partial charge in [0.1, 0.15) is 0 Å². The van der Waals surface area contributed by atoms with E-state index in [-0.39, 0.29) is 0 Å². The lowest BCUT2D eigenvalue weighted by Gasteiger charge is -2.12. The molecule has 0 rings (SSSR count). The third-order valence-corrected chi connectivity index (χ3v) is 2.62. The number of rotatable bonds is 6. The van der Waals surface area contributed by atoms with E-state index in [9.17, 15) is 0 Å². The zero-order valence-electron chi connectivity index (χ0n) is 12.4. The van der Waals surface area contributed by atoms with Crippen molar-refractivity contribution in [2.75, 3.05) is 0 Å². The Kier molecular flexibility index (Phi) is 13.9. The molecule has 96 valence electrons. The smallest absolute Gasteiger partial charge is 0.0255 e. The van der Waals surface area contributed by atoms with E-state index in [2.05, 4.69) is 32.7 Å². The zero-order valence-corrected chi connectivity index (χ0v) is 12.4. The third-order valence-electron chi connectivity index (χ3n) is 2.62. The molecule has 1 unspecified atom stereocenters. The molecule has 0 aromatic rings. The van der Waals surface area contributed by atoms with Crippen LogP contribution in [-0.4, -0.2) is 6.21 Å². The molecular weight excluding hydrogens is 194 g/mol. The Hall–Kier alpha value is -0.590. The van der Waals surface area contributed by atoms with E-state index >= 15 is 0 Å². The molecule has 0 aromatic carbocycles. The Morgan fingerprint density at radius 2 is 1.69 bits per heavy atom. The Balaban J connectivity index is 0. The molecule has 0 heterocycles. The van der Waals surface area contributed by atoms with Crippen LogP contribution >= 0.6 is 0 Å². The Labute approximate surface area is 103 Å². The van der Waals surface area contributed by atoms with Gasteiger partial charge in [-0.2, -0.15) is 0 Å². The van der Waals surface area contributed by atoms with Crippen LogP contribution in [0.2, 0.25) is 0 Å². The Morgan fingerprint density at radius 3 is 2.12 bits per heavy atom. The number of hydrogen-bond donors (Lipinski definition) is 0. The van der Waals surface area contributed by atoms with Gasteiger partial charge in [0.15, 0.2) is 0 Å². The van der Waals surface area contributed by atoms with Gasteiger partial charge >= 0.3 is 0 Å². The topological polar surface area (TPSA) is 12.4 Å². The molecule has 0 aliphatic carbocycles. The van der Waals surface area contributed by atoms with E-state index in [1.165, 1.54) is 24.8 Å². The first-order valence-corrected chi connectivity index (χ1v) is 6.72. The predicted molar refractivity (Wildman–Crippen MR) is 77.1 cm³/mol. The first kappa shape index (κ1) is 17.8. The summed E-state index contributed by atoms with van der Waals surface area (Å²) in [4.78, 5) is 4.15. The summed E-state index contributed by atoms with van der Waals surface area (Å²) in [6.45, 7) is 15.0. The number of aliphatic imine (C=N–C) groups is 1. The van der Waals surface area contributed by atoms with Gasteiger partial charge in [0.25, 0.3) is 0 Å². The molecule has 16 heavy (non-hydrogen) atoms. The van der Waals surface area contributed by atoms with Crippen molar-refractivity contribution in [1.82, 2.24) is 0 Å². The first-order chi connectivity index (χ1) is 7.57. The van der Waals surface area contributed by atoms with Crippen LogP contribution in [0, 0.1) is 11.8 Å². The van der Waals surface area contributed by atoms with Crippen molar-refractivity contribution in [3.63, 3.8) is 0 Å². The minimum Gasteiger partial charge on any atom is -0.269 e. The largest absolute Gasteiger partial charge is 0.269 e. The summed E-state index contributed by atoms with van der Waals surface area (Å²) in [5, 5.41) is 0. The zero-order chi connectivity index (χ0) is 13.0. The SMILES string of the molecule is CC.CC=N/C=C(/C)C(C)CCCC(C)C. The fourth-order valence-corrected chi connectivity index (χ4v) is 1.38. The quantitative estimate of drug-likeness (QED) is 0.531. The van der Waals surface area contributed by atoms with Crippen LogP contribution < -0.4 is 0 Å². The summed E-state index contributed by atoms with van der Waals surface area (Å²) < 4.78 is 0. The van der Waals surface area contributed by atoms with Gasteiger partial charge in [-0.25, -0.2) is 0 Å². The molecule has 1 atom stereocenters. The highest BCUT2D eigenvalue weighted by molar-refractivity contribution is 5.54. The van der Waals surface area contributed by atoms with Crippen LogP contribution in [0.4, 0.5) is 0 Å². The average Bonchev–Trinajstić information content (AvgIpc) is 2.27. The maximum atomic E-state index is 4.15. The summed E-state index contributed by atoms with van der Waals surface area (Å²) in [6, 6.07) is 0. The molecule has 0 saturated heterocycles. The van der Waals surface area contributed by atoms with Gasteiger partial charge in [-0.05, 0) is 32.1 Å². The molecule has 0 saturated carbocycles. The third kappa shape index (κ3) is 11.5. The van der Waals surface area contributed by atoms with E-state index in [0.29, 0.717) is 5.92 Å². The second kappa shape index (κ2) is 12.5. The van der Waals surface area contributed by atoms with Crippen LogP contribution in [0.15, 0.2) is 16.8 Å². The summed E-state index contributed by atoms with van der Waals surface area (Å²) in [5.41, 5.74) is 1.40. The van der Waals surface area contributed by atoms with Gasteiger partial charge in [-0.3, -0.25) is 4.99 Å². The van der Waals surface area contributed by atoms with Gasteiger partial charge in [0.2, 0.25) is 0 Å². The van der Waals surface area contributed by atoms with Gasteiger partial charge in [-0.15, -0.1) is 0 Å². The van der Waals surface area contributed by atoms with Gasteiger partial charge < -0.3 is 0 Å². The lowest BCUT2D eigenvalue weighted by molar-refractivity contribution is 0.491. The molecule has 0 aliphatic heterocycles. The monoisotopic (exact) mass is 225 g/mol. The summed E-state index contributed by atoms with van der Waals surface area (Å²) in [5.74, 6) is 1.51. The second-order valence-corrected chi connectivity index (χ2v) is 4.51. The normalized spacial score (nSPS) is 13.9. The summed E-state index contributed by atoms with van der Waals surface area (Å²) >= 11 is 0. The molecule has 0 spiro atoms. The van der Waals surface area contributed by atoms with Crippen molar-refractivity contribution < 1.29 is 0 Å². The highest BCUT2D eigenvalue weighted by Crippen LogP contribution is 2.18. The van der Waals surface area contributed by atoms with Crippen LogP contribution in [0.3, 0.4) is 0 Å². The molecule has 1 nitrogen and oxygen atoms in total. The van der Waals surface area contributed by atoms with E-state index in [1.807, 2.05) is 33.2 Å². The maximum absolute atomic E-state index is 4.15. The average molecular weight is 225 g/mol. The second-order valence-electron chi connectivity index (χ2n) is 4.51. The minimum atomic E-state index is 0.678. The van der Waals surface area contributed by atoms with Gasteiger partial charge in [0, 0.05) is 12.4 Å². The van der Waals surface area contributed by atoms with E-state index in [4.69, 9.17) is 0 Å². The highest BCUT2D eigenvalue weighted by Gasteiger charge is 2.04. The molecule has 0 N–H and O–H groups in total. The van der Waals surface area contributed by atoms with Crippen molar-refractivity contribution in [1.29, 1.82) is 0 Å². The number of nitrogens with zero attached hydrogens (tertiary/aromatic N) is 1. The predicted octanol–water partition coefficient (Wildman–Crippen LogP) is 5.47. The van der Waals surface area contributed by atoms with Crippen molar-refractivity contribution in [3.8, 4) is 0 Å².